The van der Waals surface area contributed by atoms with E-state index < -0.39 is 0 Å². The van der Waals surface area contributed by atoms with Crippen LogP contribution in [-0.2, 0) is 0 Å². The smallest absolute Gasteiger partial charge is 0.127 e. The quantitative estimate of drug-likeness (QED) is 0.798. The third-order valence-corrected chi connectivity index (χ3v) is 2.08. The molecule has 0 fully saturated rings. The van der Waals surface area contributed by atoms with Crippen molar-refractivity contribution < 1.29 is 0 Å². The molecule has 0 saturated carbocycles. The van der Waals surface area contributed by atoms with E-state index in [4.69, 9.17) is 0 Å². The molecule has 0 atom stereocenters. The molecule has 76 valence electrons. The Balaban J connectivity index is 2.17. The summed E-state index contributed by atoms with van der Waals surface area (Å²) < 4.78 is 0. The number of aromatic nitrogens is 1. The molecular weight excluding hydrogens is 186 g/mol. The van der Waals surface area contributed by atoms with E-state index in [9.17, 15) is 0 Å². The van der Waals surface area contributed by atoms with Crippen LogP contribution in [0.15, 0.2) is 48.7 Å². The lowest BCUT2D eigenvalue weighted by Gasteiger charge is -2.07. The van der Waals surface area contributed by atoms with Gasteiger partial charge < -0.3 is 10.6 Å². The SMILES string of the molecule is CNc1cc(Nc2ccccc2)ccn1. The summed E-state index contributed by atoms with van der Waals surface area (Å²) in [6, 6.07) is 14.0. The Labute approximate surface area is 89.2 Å². The van der Waals surface area contributed by atoms with E-state index >= 15 is 0 Å². The standard InChI is InChI=1S/C12H13N3/c1-13-12-9-11(7-8-14-12)15-10-5-3-2-4-6-10/h2-9H,1H3,(H2,13,14,15). The molecule has 1 aromatic heterocycles. The highest BCUT2D eigenvalue weighted by atomic mass is 15.0. The minimum atomic E-state index is 0.857. The van der Waals surface area contributed by atoms with Gasteiger partial charge in [0.1, 0.15) is 5.82 Å². The summed E-state index contributed by atoms with van der Waals surface area (Å²) in [4.78, 5) is 4.15. The largest absolute Gasteiger partial charge is 0.373 e. The lowest BCUT2D eigenvalue weighted by atomic mass is 10.3. The Kier molecular flexibility index (Phi) is 2.83. The van der Waals surface area contributed by atoms with Crippen LogP contribution >= 0.6 is 0 Å². The molecule has 2 N–H and O–H groups in total. The van der Waals surface area contributed by atoms with Crippen molar-refractivity contribution in [2.24, 2.45) is 0 Å². The fourth-order valence-electron chi connectivity index (χ4n) is 1.33. The van der Waals surface area contributed by atoms with Crippen molar-refractivity contribution in [1.29, 1.82) is 0 Å². The van der Waals surface area contributed by atoms with E-state index in [0.29, 0.717) is 0 Å². The normalized spacial score (nSPS) is 9.67. The highest BCUT2D eigenvalue weighted by Gasteiger charge is 1.95. The number of benzene rings is 1. The van der Waals surface area contributed by atoms with Crippen LogP contribution in [0.2, 0.25) is 0 Å². The summed E-state index contributed by atoms with van der Waals surface area (Å²) in [5, 5.41) is 6.30. The van der Waals surface area contributed by atoms with Gasteiger partial charge in [-0.1, -0.05) is 18.2 Å². The Bertz CT molecular complexity index is 426. The third kappa shape index (κ3) is 2.47. The zero-order chi connectivity index (χ0) is 10.5. The maximum Gasteiger partial charge on any atom is 0.127 e. The summed E-state index contributed by atoms with van der Waals surface area (Å²) in [5.74, 6) is 0.857. The molecule has 15 heavy (non-hydrogen) atoms. The summed E-state index contributed by atoms with van der Waals surface area (Å²) in [6.07, 6.45) is 1.77. The van der Waals surface area contributed by atoms with E-state index in [1.807, 2.05) is 49.5 Å². The fourth-order valence-corrected chi connectivity index (χ4v) is 1.33. The molecule has 0 amide bonds. The Morgan fingerprint density at radius 1 is 1.00 bits per heavy atom. The van der Waals surface area contributed by atoms with Gasteiger partial charge in [-0.05, 0) is 18.2 Å². The van der Waals surface area contributed by atoms with Gasteiger partial charge in [-0.25, -0.2) is 4.98 Å². The molecule has 0 unspecified atom stereocenters. The lowest BCUT2D eigenvalue weighted by Crippen LogP contribution is -1.94. The van der Waals surface area contributed by atoms with E-state index in [1.165, 1.54) is 0 Å². The molecule has 2 rings (SSSR count). The van der Waals surface area contributed by atoms with Crippen LogP contribution in [0.3, 0.4) is 0 Å². The molecule has 0 radical (unpaired) electrons. The van der Waals surface area contributed by atoms with Crippen LogP contribution in [0.4, 0.5) is 17.2 Å². The van der Waals surface area contributed by atoms with Gasteiger partial charge in [0, 0.05) is 30.7 Å². The molecule has 1 aromatic carbocycles. The van der Waals surface area contributed by atoms with Crippen molar-refractivity contribution >= 4 is 17.2 Å². The van der Waals surface area contributed by atoms with E-state index in [1.54, 1.807) is 6.20 Å². The zero-order valence-corrected chi connectivity index (χ0v) is 8.57. The maximum absolute atomic E-state index is 4.15. The summed E-state index contributed by atoms with van der Waals surface area (Å²) >= 11 is 0. The van der Waals surface area contributed by atoms with Gasteiger partial charge >= 0.3 is 0 Å². The van der Waals surface area contributed by atoms with E-state index in [0.717, 1.165) is 17.2 Å². The van der Waals surface area contributed by atoms with Gasteiger partial charge in [0.15, 0.2) is 0 Å². The number of hydrogen-bond acceptors (Lipinski definition) is 3. The minimum Gasteiger partial charge on any atom is -0.373 e. The number of hydrogen-bond donors (Lipinski definition) is 2. The monoisotopic (exact) mass is 199 g/mol. The van der Waals surface area contributed by atoms with Crippen LogP contribution in [0.25, 0.3) is 0 Å². The number of anilines is 3. The number of nitrogens with one attached hydrogen (secondary N) is 2. The van der Waals surface area contributed by atoms with Gasteiger partial charge in [0.05, 0.1) is 0 Å². The molecule has 0 aliphatic rings. The first-order valence-electron chi connectivity index (χ1n) is 4.84. The second kappa shape index (κ2) is 4.46. The zero-order valence-electron chi connectivity index (χ0n) is 8.57. The summed E-state index contributed by atoms with van der Waals surface area (Å²) in [6.45, 7) is 0. The summed E-state index contributed by atoms with van der Waals surface area (Å²) in [7, 11) is 1.86. The van der Waals surface area contributed by atoms with Crippen molar-refractivity contribution in [2.45, 2.75) is 0 Å². The molecule has 3 heteroatoms. The second-order valence-electron chi connectivity index (χ2n) is 3.17. The first-order chi connectivity index (χ1) is 7.38. The Morgan fingerprint density at radius 2 is 1.80 bits per heavy atom. The van der Waals surface area contributed by atoms with Gasteiger partial charge in [0.25, 0.3) is 0 Å². The van der Waals surface area contributed by atoms with Crippen LogP contribution in [0, 0.1) is 0 Å². The topological polar surface area (TPSA) is 37.0 Å². The predicted octanol–water partition coefficient (Wildman–Crippen LogP) is 2.87. The van der Waals surface area contributed by atoms with Gasteiger partial charge in [-0.3, -0.25) is 0 Å². The second-order valence-corrected chi connectivity index (χ2v) is 3.17. The highest BCUT2D eigenvalue weighted by molar-refractivity contribution is 5.62. The van der Waals surface area contributed by atoms with Crippen LogP contribution in [0.5, 0.6) is 0 Å². The van der Waals surface area contributed by atoms with Gasteiger partial charge in [-0.15, -0.1) is 0 Å². The van der Waals surface area contributed by atoms with Crippen molar-refractivity contribution in [3.63, 3.8) is 0 Å². The van der Waals surface area contributed by atoms with Crippen LogP contribution in [-0.4, -0.2) is 12.0 Å². The summed E-state index contributed by atoms with van der Waals surface area (Å²) in [5.41, 5.74) is 2.10. The lowest BCUT2D eigenvalue weighted by molar-refractivity contribution is 1.28. The fraction of sp³-hybridized carbons (Fsp3) is 0.0833. The molecular formula is C12H13N3. The maximum atomic E-state index is 4.15. The molecule has 0 spiro atoms. The number of rotatable bonds is 3. The average Bonchev–Trinajstić information content (AvgIpc) is 2.31. The molecule has 0 aliphatic heterocycles. The molecule has 3 nitrogen and oxygen atoms in total. The van der Waals surface area contributed by atoms with Crippen molar-refractivity contribution in [3.05, 3.63) is 48.7 Å². The molecule has 0 saturated heterocycles. The van der Waals surface area contributed by atoms with Crippen LogP contribution < -0.4 is 10.6 Å². The number of para-hydroxylation sites is 1. The van der Waals surface area contributed by atoms with E-state index in [2.05, 4.69) is 15.6 Å². The number of pyridine rings is 1. The average molecular weight is 199 g/mol. The van der Waals surface area contributed by atoms with Gasteiger partial charge in [0.2, 0.25) is 0 Å². The highest BCUT2D eigenvalue weighted by Crippen LogP contribution is 2.17. The Morgan fingerprint density at radius 3 is 2.53 bits per heavy atom. The van der Waals surface area contributed by atoms with Gasteiger partial charge in [-0.2, -0.15) is 0 Å². The first-order valence-corrected chi connectivity index (χ1v) is 4.84. The first kappa shape index (κ1) is 9.52. The van der Waals surface area contributed by atoms with Crippen LogP contribution in [0.1, 0.15) is 0 Å². The molecule has 2 aromatic rings. The predicted molar refractivity (Wildman–Crippen MR) is 63.5 cm³/mol. The van der Waals surface area contributed by atoms with Crippen molar-refractivity contribution in [1.82, 2.24) is 4.98 Å². The van der Waals surface area contributed by atoms with Crippen molar-refractivity contribution in [2.75, 3.05) is 17.7 Å². The van der Waals surface area contributed by atoms with Crippen molar-refractivity contribution in [3.8, 4) is 0 Å². The molecule has 1 heterocycles. The molecule has 0 aliphatic carbocycles. The number of nitrogens with zero attached hydrogens (tertiary/aromatic N) is 1. The van der Waals surface area contributed by atoms with E-state index in [-0.39, 0.29) is 0 Å². The molecule has 0 bridgehead atoms. The Hall–Kier alpha value is -2.03. The minimum absolute atomic E-state index is 0.857. The third-order valence-electron chi connectivity index (χ3n) is 2.08.